The van der Waals surface area contributed by atoms with E-state index in [9.17, 15) is 0 Å². The highest BCUT2D eigenvalue weighted by Crippen LogP contribution is 2.39. The van der Waals surface area contributed by atoms with Crippen molar-refractivity contribution in [1.82, 2.24) is 9.97 Å². The molecular weight excluding hydrogens is 301 g/mol. The fourth-order valence-corrected chi connectivity index (χ4v) is 2.04. The molecule has 0 aromatic carbocycles. The Bertz CT molecular complexity index is 372. The van der Waals surface area contributed by atoms with E-state index >= 15 is 0 Å². The molecule has 0 amide bonds. The van der Waals surface area contributed by atoms with Crippen molar-refractivity contribution in [1.29, 1.82) is 0 Å². The summed E-state index contributed by atoms with van der Waals surface area (Å²) in [4.78, 5) is 9.00. The molecule has 1 aromatic rings. The van der Waals surface area contributed by atoms with Crippen LogP contribution in [0.25, 0.3) is 0 Å². The van der Waals surface area contributed by atoms with Crippen LogP contribution in [0.15, 0.2) is 0 Å². The number of hydrogen-bond donors (Lipinski definition) is 1. The molecule has 0 aliphatic heterocycles. The first-order valence-corrected chi connectivity index (χ1v) is 6.47. The van der Waals surface area contributed by atoms with Crippen molar-refractivity contribution < 1.29 is 0 Å². The lowest BCUT2D eigenvalue weighted by molar-refractivity contribution is 0.628. The minimum atomic E-state index is 0.579. The van der Waals surface area contributed by atoms with E-state index in [4.69, 9.17) is 5.73 Å². The number of nitrogens with zero attached hydrogens (tertiary/aromatic N) is 2. The van der Waals surface area contributed by atoms with E-state index in [1.807, 2.05) is 0 Å². The molecule has 1 aliphatic carbocycles. The summed E-state index contributed by atoms with van der Waals surface area (Å²) in [6.45, 7) is 4.40. The van der Waals surface area contributed by atoms with Gasteiger partial charge < -0.3 is 5.73 Å². The van der Waals surface area contributed by atoms with Gasteiger partial charge in [0.15, 0.2) is 0 Å². The molecule has 1 aromatic heterocycles. The van der Waals surface area contributed by atoms with Gasteiger partial charge in [-0.3, -0.25) is 0 Å². The van der Waals surface area contributed by atoms with Crippen molar-refractivity contribution in [2.45, 2.75) is 39.0 Å². The maximum Gasteiger partial charge on any atom is 0.140 e. The predicted octanol–water partition coefficient (Wildman–Crippen LogP) is 2.74. The highest BCUT2D eigenvalue weighted by Gasteiger charge is 2.28. The van der Waals surface area contributed by atoms with Gasteiger partial charge in [-0.05, 0) is 47.8 Å². The molecule has 3 nitrogen and oxygen atoms in total. The zero-order chi connectivity index (χ0) is 11.0. The van der Waals surface area contributed by atoms with Crippen molar-refractivity contribution in [3.63, 3.8) is 0 Å². The zero-order valence-electron chi connectivity index (χ0n) is 9.13. The van der Waals surface area contributed by atoms with Gasteiger partial charge in [0.2, 0.25) is 0 Å². The van der Waals surface area contributed by atoms with Crippen LogP contribution in [-0.2, 0) is 6.42 Å². The topological polar surface area (TPSA) is 51.8 Å². The second kappa shape index (κ2) is 4.23. The van der Waals surface area contributed by atoms with Gasteiger partial charge in [-0.25, -0.2) is 9.97 Å². The first-order chi connectivity index (χ1) is 7.08. The Labute approximate surface area is 104 Å². The van der Waals surface area contributed by atoms with E-state index in [2.05, 4.69) is 46.4 Å². The van der Waals surface area contributed by atoms with Gasteiger partial charge in [0.05, 0.1) is 9.26 Å². The van der Waals surface area contributed by atoms with Crippen molar-refractivity contribution in [2.24, 2.45) is 5.92 Å². The first-order valence-electron chi connectivity index (χ1n) is 5.39. The molecule has 0 radical (unpaired) electrons. The van der Waals surface area contributed by atoms with Gasteiger partial charge in [0.25, 0.3) is 0 Å². The Morgan fingerprint density at radius 2 is 2.07 bits per heavy atom. The number of anilines is 1. The maximum atomic E-state index is 5.90. The summed E-state index contributed by atoms with van der Waals surface area (Å²) in [5, 5.41) is 0. The molecule has 0 saturated heterocycles. The van der Waals surface area contributed by atoms with Gasteiger partial charge >= 0.3 is 0 Å². The molecule has 2 N–H and O–H groups in total. The second-order valence-corrected chi connectivity index (χ2v) is 5.68. The fourth-order valence-electron chi connectivity index (χ4n) is 1.58. The summed E-state index contributed by atoms with van der Waals surface area (Å²) >= 11 is 2.25. The van der Waals surface area contributed by atoms with Crippen LogP contribution in [0, 0.1) is 9.49 Å². The minimum Gasteiger partial charge on any atom is -0.383 e. The normalized spacial score (nSPS) is 16.0. The largest absolute Gasteiger partial charge is 0.383 e. The summed E-state index contributed by atoms with van der Waals surface area (Å²) in [5.41, 5.74) is 7.03. The third-order valence-corrected chi connectivity index (χ3v) is 3.68. The predicted molar refractivity (Wildman–Crippen MR) is 69.7 cm³/mol. The van der Waals surface area contributed by atoms with E-state index < -0.39 is 0 Å². The van der Waals surface area contributed by atoms with E-state index in [0.717, 1.165) is 21.5 Å². The molecular formula is C11H16IN3. The highest BCUT2D eigenvalue weighted by atomic mass is 127. The molecule has 15 heavy (non-hydrogen) atoms. The average molecular weight is 317 g/mol. The van der Waals surface area contributed by atoms with Gasteiger partial charge in [-0.2, -0.15) is 0 Å². The standard InChI is InChI=1S/C11H16IN3/c1-6(2)5-8-9(12)10(13)15-11(14-8)7-3-4-7/h6-7H,3-5H2,1-2H3,(H2,13,14,15). The SMILES string of the molecule is CC(C)Cc1nc(C2CC2)nc(N)c1I. The molecule has 0 unspecified atom stereocenters. The first kappa shape index (κ1) is 11.1. The van der Waals surface area contributed by atoms with Crippen molar-refractivity contribution >= 4 is 28.4 Å². The van der Waals surface area contributed by atoms with Gasteiger partial charge in [-0.1, -0.05) is 13.8 Å². The number of nitrogen functional groups attached to an aromatic ring is 1. The van der Waals surface area contributed by atoms with E-state index in [0.29, 0.717) is 17.7 Å². The fraction of sp³-hybridized carbons (Fsp3) is 0.636. The lowest BCUT2D eigenvalue weighted by Gasteiger charge is -2.10. The van der Waals surface area contributed by atoms with Gasteiger partial charge in [0, 0.05) is 5.92 Å². The van der Waals surface area contributed by atoms with Gasteiger partial charge in [0.1, 0.15) is 11.6 Å². The van der Waals surface area contributed by atoms with E-state index in [1.165, 1.54) is 12.8 Å². The van der Waals surface area contributed by atoms with E-state index in [1.54, 1.807) is 0 Å². The quantitative estimate of drug-likeness (QED) is 0.872. The van der Waals surface area contributed by atoms with Crippen molar-refractivity contribution in [3.05, 3.63) is 15.1 Å². The van der Waals surface area contributed by atoms with Crippen molar-refractivity contribution in [2.75, 3.05) is 5.73 Å². The Balaban J connectivity index is 2.33. The lowest BCUT2D eigenvalue weighted by atomic mass is 10.1. The van der Waals surface area contributed by atoms with Crippen LogP contribution in [0.3, 0.4) is 0 Å². The number of halogens is 1. The molecule has 1 saturated carbocycles. The minimum absolute atomic E-state index is 0.579. The number of nitrogens with two attached hydrogens (primary N) is 1. The van der Waals surface area contributed by atoms with E-state index in [-0.39, 0.29) is 0 Å². The maximum absolute atomic E-state index is 5.90. The summed E-state index contributed by atoms with van der Waals surface area (Å²) in [5.74, 6) is 2.81. The summed E-state index contributed by atoms with van der Waals surface area (Å²) in [6.07, 6.45) is 3.44. The number of rotatable bonds is 3. The molecule has 1 fully saturated rings. The van der Waals surface area contributed by atoms with Crippen LogP contribution in [0.5, 0.6) is 0 Å². The molecule has 82 valence electrons. The number of aromatic nitrogens is 2. The third kappa shape index (κ3) is 2.59. The lowest BCUT2D eigenvalue weighted by Crippen LogP contribution is -2.08. The van der Waals surface area contributed by atoms with Crippen LogP contribution in [0.4, 0.5) is 5.82 Å². The van der Waals surface area contributed by atoms with Crippen LogP contribution in [0.2, 0.25) is 0 Å². The molecule has 1 heterocycles. The third-order valence-electron chi connectivity index (χ3n) is 2.51. The number of hydrogen-bond acceptors (Lipinski definition) is 3. The molecule has 0 atom stereocenters. The summed E-state index contributed by atoms with van der Waals surface area (Å²) in [7, 11) is 0. The molecule has 0 bridgehead atoms. The monoisotopic (exact) mass is 317 g/mol. The second-order valence-electron chi connectivity index (χ2n) is 4.60. The van der Waals surface area contributed by atoms with Crippen LogP contribution in [0.1, 0.15) is 44.1 Å². The van der Waals surface area contributed by atoms with Crippen LogP contribution < -0.4 is 5.73 Å². The van der Waals surface area contributed by atoms with Crippen LogP contribution in [-0.4, -0.2) is 9.97 Å². The Morgan fingerprint density at radius 1 is 1.40 bits per heavy atom. The average Bonchev–Trinajstić information content (AvgIpc) is 2.94. The smallest absolute Gasteiger partial charge is 0.140 e. The van der Waals surface area contributed by atoms with Crippen molar-refractivity contribution in [3.8, 4) is 0 Å². The van der Waals surface area contributed by atoms with Gasteiger partial charge in [-0.15, -0.1) is 0 Å². The highest BCUT2D eigenvalue weighted by molar-refractivity contribution is 14.1. The Morgan fingerprint density at radius 3 is 2.60 bits per heavy atom. The molecule has 0 spiro atoms. The molecule has 4 heteroatoms. The summed E-state index contributed by atoms with van der Waals surface area (Å²) < 4.78 is 1.03. The van der Waals surface area contributed by atoms with Crippen LogP contribution >= 0.6 is 22.6 Å². The Hall–Kier alpha value is -0.390. The summed E-state index contributed by atoms with van der Waals surface area (Å²) in [6, 6.07) is 0. The molecule has 1 aliphatic rings. The zero-order valence-corrected chi connectivity index (χ0v) is 11.3. The Kier molecular flexibility index (Phi) is 3.13. The molecule has 2 rings (SSSR count).